The highest BCUT2D eigenvalue weighted by molar-refractivity contribution is 5.32. The Balaban J connectivity index is 2.07. The lowest BCUT2D eigenvalue weighted by molar-refractivity contribution is 0.111. The summed E-state index contributed by atoms with van der Waals surface area (Å²) in [6, 6.07) is 7.92. The van der Waals surface area contributed by atoms with Gasteiger partial charge in [-0.1, -0.05) is 36.8 Å². The van der Waals surface area contributed by atoms with Gasteiger partial charge < -0.3 is 15.7 Å². The van der Waals surface area contributed by atoms with Crippen molar-refractivity contribution in [2.24, 2.45) is 0 Å². The number of aliphatic hydroxyl groups is 1. The number of nitrogens with zero attached hydrogens (tertiary/aromatic N) is 5. The van der Waals surface area contributed by atoms with E-state index in [2.05, 4.69) is 19.9 Å². The van der Waals surface area contributed by atoms with Gasteiger partial charge in [0.2, 0.25) is 11.9 Å². The van der Waals surface area contributed by atoms with Crippen LogP contribution in [0, 0.1) is 6.92 Å². The van der Waals surface area contributed by atoms with Gasteiger partial charge in [0, 0.05) is 20.6 Å². The van der Waals surface area contributed by atoms with Crippen LogP contribution in [0.3, 0.4) is 0 Å². The average molecular weight is 330 g/mol. The van der Waals surface area contributed by atoms with E-state index in [0.717, 1.165) is 12.1 Å². The normalized spacial score (nSPS) is 12.4. The second-order valence-corrected chi connectivity index (χ2v) is 6.06. The third kappa shape index (κ3) is 4.87. The van der Waals surface area contributed by atoms with Gasteiger partial charge in [-0.2, -0.15) is 15.0 Å². The Bertz CT molecular complexity index is 659. The fraction of sp³-hybridized carbons (Fsp3) is 0.471. The van der Waals surface area contributed by atoms with Crippen LogP contribution in [0.5, 0.6) is 0 Å². The summed E-state index contributed by atoms with van der Waals surface area (Å²) in [7, 11) is 3.72. The molecule has 24 heavy (non-hydrogen) atoms. The number of aromatic nitrogens is 3. The van der Waals surface area contributed by atoms with E-state index in [0.29, 0.717) is 24.9 Å². The molecule has 0 amide bonds. The maximum atomic E-state index is 10.5. The lowest BCUT2D eigenvalue weighted by atomic mass is 10.1. The Morgan fingerprint density at radius 1 is 1.12 bits per heavy atom. The minimum atomic E-state index is -0.557. The molecule has 7 heteroatoms. The molecule has 0 fully saturated rings. The van der Waals surface area contributed by atoms with Gasteiger partial charge in [-0.3, -0.25) is 4.90 Å². The zero-order valence-electron chi connectivity index (χ0n) is 14.8. The highest BCUT2D eigenvalue weighted by Crippen LogP contribution is 2.16. The summed E-state index contributed by atoms with van der Waals surface area (Å²) in [5.41, 5.74) is 7.85. The average Bonchev–Trinajstić information content (AvgIpc) is 2.54. The number of anilines is 2. The lowest BCUT2D eigenvalue weighted by Gasteiger charge is -2.23. The molecule has 0 aliphatic heterocycles. The maximum absolute atomic E-state index is 10.5. The zero-order chi connectivity index (χ0) is 17.7. The third-order valence-electron chi connectivity index (χ3n) is 3.79. The van der Waals surface area contributed by atoms with Gasteiger partial charge in [-0.05, 0) is 19.0 Å². The first kappa shape index (κ1) is 18.1. The molecule has 0 saturated heterocycles. The van der Waals surface area contributed by atoms with Crippen molar-refractivity contribution in [3.8, 4) is 0 Å². The molecule has 130 valence electrons. The zero-order valence-corrected chi connectivity index (χ0v) is 14.8. The second kappa shape index (κ2) is 8.03. The van der Waals surface area contributed by atoms with Crippen molar-refractivity contribution in [1.82, 2.24) is 19.9 Å². The van der Waals surface area contributed by atoms with Crippen LogP contribution in [-0.4, -0.2) is 52.1 Å². The summed E-state index contributed by atoms with van der Waals surface area (Å²) < 4.78 is 0. The van der Waals surface area contributed by atoms with Crippen molar-refractivity contribution in [3.05, 3.63) is 41.2 Å². The second-order valence-electron chi connectivity index (χ2n) is 6.06. The molecule has 0 aliphatic rings. The topological polar surface area (TPSA) is 91.4 Å². The minimum Gasteiger partial charge on any atom is -0.387 e. The third-order valence-corrected chi connectivity index (χ3v) is 3.79. The van der Waals surface area contributed by atoms with E-state index in [1.54, 1.807) is 4.90 Å². The van der Waals surface area contributed by atoms with Crippen LogP contribution in [0.25, 0.3) is 0 Å². The molecule has 1 aromatic heterocycles. The molecule has 1 aromatic carbocycles. The lowest BCUT2D eigenvalue weighted by Crippen LogP contribution is -2.29. The summed E-state index contributed by atoms with van der Waals surface area (Å²) in [4.78, 5) is 16.6. The van der Waals surface area contributed by atoms with E-state index in [1.807, 2.05) is 52.2 Å². The monoisotopic (exact) mass is 330 g/mol. The van der Waals surface area contributed by atoms with Gasteiger partial charge in [-0.25, -0.2) is 0 Å². The van der Waals surface area contributed by atoms with Crippen LogP contribution >= 0.6 is 0 Å². The quantitative estimate of drug-likeness (QED) is 0.792. The molecule has 0 spiro atoms. The summed E-state index contributed by atoms with van der Waals surface area (Å²) in [6.07, 6.45) is -0.557. The van der Waals surface area contributed by atoms with Crippen LogP contribution < -0.4 is 10.6 Å². The van der Waals surface area contributed by atoms with Gasteiger partial charge >= 0.3 is 0 Å². The fourth-order valence-corrected chi connectivity index (χ4v) is 2.34. The predicted molar refractivity (Wildman–Crippen MR) is 95.7 cm³/mol. The van der Waals surface area contributed by atoms with Crippen molar-refractivity contribution >= 4 is 11.9 Å². The number of aliphatic hydroxyl groups excluding tert-OH is 1. The molecule has 7 nitrogen and oxygen atoms in total. The number of rotatable bonds is 7. The maximum Gasteiger partial charge on any atom is 0.229 e. The van der Waals surface area contributed by atoms with Crippen molar-refractivity contribution < 1.29 is 5.11 Å². The first-order valence-corrected chi connectivity index (χ1v) is 8.03. The van der Waals surface area contributed by atoms with Crippen molar-refractivity contribution in [3.63, 3.8) is 0 Å². The van der Waals surface area contributed by atoms with E-state index >= 15 is 0 Å². The largest absolute Gasteiger partial charge is 0.387 e. The van der Waals surface area contributed by atoms with Crippen LogP contribution in [0.1, 0.15) is 30.0 Å². The molecule has 2 aromatic rings. The summed E-state index contributed by atoms with van der Waals surface area (Å²) in [5, 5.41) is 10.5. The molecular formula is C17H26N6O. The molecule has 0 radical (unpaired) electrons. The molecule has 0 bridgehead atoms. The highest BCUT2D eigenvalue weighted by Gasteiger charge is 2.15. The smallest absolute Gasteiger partial charge is 0.229 e. The number of hydrogen-bond donors (Lipinski definition) is 2. The number of aryl methyl sites for hydroxylation is 1. The van der Waals surface area contributed by atoms with Crippen LogP contribution in [0.4, 0.5) is 11.9 Å². The van der Waals surface area contributed by atoms with Crippen molar-refractivity contribution in [1.29, 1.82) is 0 Å². The Morgan fingerprint density at radius 3 is 2.38 bits per heavy atom. The predicted octanol–water partition coefficient (Wildman–Crippen LogP) is 1.38. The van der Waals surface area contributed by atoms with Crippen LogP contribution in [0.2, 0.25) is 0 Å². The summed E-state index contributed by atoms with van der Waals surface area (Å²) >= 11 is 0. The SMILES string of the molecule is CCN(Cc1nc(N)nc(N(C)C)n1)CC(O)c1ccc(C)cc1. The van der Waals surface area contributed by atoms with Crippen LogP contribution in [-0.2, 0) is 6.54 Å². The highest BCUT2D eigenvalue weighted by atomic mass is 16.3. The molecule has 1 atom stereocenters. The van der Waals surface area contributed by atoms with E-state index in [9.17, 15) is 5.11 Å². The van der Waals surface area contributed by atoms with Gasteiger partial charge in [0.05, 0.1) is 12.6 Å². The molecule has 2 rings (SSSR count). The van der Waals surface area contributed by atoms with E-state index in [4.69, 9.17) is 5.73 Å². The van der Waals surface area contributed by atoms with Crippen LogP contribution in [0.15, 0.2) is 24.3 Å². The summed E-state index contributed by atoms with van der Waals surface area (Å²) in [5.74, 6) is 1.34. The Kier molecular flexibility index (Phi) is 6.05. The number of hydrogen-bond acceptors (Lipinski definition) is 7. The molecule has 1 heterocycles. The van der Waals surface area contributed by atoms with Crippen molar-refractivity contribution in [2.45, 2.75) is 26.5 Å². The van der Waals surface area contributed by atoms with Gasteiger partial charge in [0.25, 0.3) is 0 Å². The molecular weight excluding hydrogens is 304 g/mol. The fourth-order valence-electron chi connectivity index (χ4n) is 2.34. The first-order valence-electron chi connectivity index (χ1n) is 8.03. The number of benzene rings is 1. The number of nitrogen functional groups attached to an aromatic ring is 1. The molecule has 3 N–H and O–H groups in total. The van der Waals surface area contributed by atoms with E-state index in [1.165, 1.54) is 5.56 Å². The molecule has 0 aliphatic carbocycles. The summed E-state index contributed by atoms with van der Waals surface area (Å²) in [6.45, 7) is 5.85. The van der Waals surface area contributed by atoms with E-state index in [-0.39, 0.29) is 5.95 Å². The Morgan fingerprint density at radius 2 is 1.79 bits per heavy atom. The standard InChI is InChI=1S/C17H26N6O/c1-5-23(10-14(24)13-8-6-12(2)7-9-13)11-15-19-16(18)21-17(20-15)22(3)4/h6-9,14,24H,5,10-11H2,1-4H3,(H2,18,19,20,21). The Labute approximate surface area is 143 Å². The molecule has 1 unspecified atom stereocenters. The number of nitrogens with two attached hydrogens (primary N) is 1. The van der Waals surface area contributed by atoms with Crippen molar-refractivity contribution in [2.75, 3.05) is 37.8 Å². The minimum absolute atomic E-state index is 0.207. The first-order chi connectivity index (χ1) is 11.4. The van der Waals surface area contributed by atoms with E-state index < -0.39 is 6.10 Å². The van der Waals surface area contributed by atoms with Gasteiger partial charge in [0.15, 0.2) is 0 Å². The van der Waals surface area contributed by atoms with Gasteiger partial charge in [0.1, 0.15) is 5.82 Å². The number of likely N-dealkylation sites (N-methyl/N-ethyl adjacent to an activating group) is 1. The van der Waals surface area contributed by atoms with Gasteiger partial charge in [-0.15, -0.1) is 0 Å². The Hall–Kier alpha value is -2.25. The molecule has 0 saturated carbocycles.